The fraction of sp³-hybridized carbons (Fsp3) is 0.762. The molecule has 0 bridgehead atoms. The number of rotatable bonds is 7. The van der Waals surface area contributed by atoms with E-state index < -0.39 is 11.4 Å². The molecule has 1 N–H and O–H groups in total. The Balaban J connectivity index is 2.12. The highest BCUT2D eigenvalue weighted by molar-refractivity contribution is 5.74. The average Bonchev–Trinajstić information content (AvgIpc) is 2.53. The van der Waals surface area contributed by atoms with Crippen LogP contribution < -0.4 is 0 Å². The number of carboxylic acids is 1. The van der Waals surface area contributed by atoms with Crippen LogP contribution in [0.1, 0.15) is 79.1 Å². The van der Waals surface area contributed by atoms with Crippen molar-refractivity contribution in [3.63, 3.8) is 0 Å². The largest absolute Gasteiger partial charge is 0.481 e. The van der Waals surface area contributed by atoms with Crippen molar-refractivity contribution in [1.29, 1.82) is 0 Å². The molecule has 0 spiro atoms. The van der Waals surface area contributed by atoms with Gasteiger partial charge in [0, 0.05) is 0 Å². The first-order chi connectivity index (χ1) is 10.9. The van der Waals surface area contributed by atoms with Crippen LogP contribution in [0.4, 0.5) is 0 Å². The summed E-state index contributed by atoms with van der Waals surface area (Å²) in [4.78, 5) is 12.0. The Labute approximate surface area is 142 Å². The molecule has 0 aromatic rings. The van der Waals surface area contributed by atoms with Crippen LogP contribution in [-0.2, 0) is 4.79 Å². The van der Waals surface area contributed by atoms with Gasteiger partial charge in [-0.25, -0.2) is 0 Å². The van der Waals surface area contributed by atoms with Gasteiger partial charge in [-0.3, -0.25) is 4.79 Å². The van der Waals surface area contributed by atoms with E-state index in [2.05, 4.69) is 32.9 Å². The lowest BCUT2D eigenvalue weighted by molar-refractivity contribution is -0.152. The van der Waals surface area contributed by atoms with Crippen LogP contribution in [0.3, 0.4) is 0 Å². The summed E-state index contributed by atoms with van der Waals surface area (Å²) in [6.07, 6.45) is 13.3. The van der Waals surface area contributed by atoms with E-state index in [4.69, 9.17) is 0 Å². The molecular weight excluding hydrogens is 284 g/mol. The molecule has 0 fully saturated rings. The molecule has 0 saturated heterocycles. The van der Waals surface area contributed by atoms with E-state index in [-0.39, 0.29) is 0 Å². The van der Waals surface area contributed by atoms with Crippen LogP contribution in [0.5, 0.6) is 0 Å². The van der Waals surface area contributed by atoms with Crippen LogP contribution in [0.25, 0.3) is 0 Å². The molecule has 0 saturated carbocycles. The first-order valence-electron chi connectivity index (χ1n) is 9.52. The summed E-state index contributed by atoms with van der Waals surface area (Å²) >= 11 is 0. The molecule has 0 aromatic heterocycles. The minimum Gasteiger partial charge on any atom is -0.481 e. The van der Waals surface area contributed by atoms with Gasteiger partial charge in [0.2, 0.25) is 0 Å². The average molecular weight is 319 g/mol. The van der Waals surface area contributed by atoms with E-state index in [0.717, 1.165) is 38.5 Å². The lowest BCUT2D eigenvalue weighted by Gasteiger charge is -2.40. The molecule has 0 unspecified atom stereocenters. The van der Waals surface area contributed by atoms with Gasteiger partial charge in [-0.15, -0.1) is 0 Å². The highest BCUT2D eigenvalue weighted by Gasteiger charge is 2.43. The van der Waals surface area contributed by atoms with Crippen LogP contribution in [0.15, 0.2) is 23.3 Å². The molecule has 3 atom stereocenters. The summed E-state index contributed by atoms with van der Waals surface area (Å²) in [5.74, 6) is 0.915. The van der Waals surface area contributed by atoms with E-state index in [9.17, 15) is 9.90 Å². The minimum absolute atomic E-state index is 0.291. The number of aliphatic carboxylic acids is 1. The lowest BCUT2D eigenvalue weighted by atomic mass is 9.63. The van der Waals surface area contributed by atoms with Gasteiger partial charge in [0.25, 0.3) is 0 Å². The van der Waals surface area contributed by atoms with E-state index in [1.54, 1.807) is 5.57 Å². The van der Waals surface area contributed by atoms with Crippen molar-refractivity contribution in [2.24, 2.45) is 23.2 Å². The first kappa shape index (κ1) is 18.3. The predicted octanol–water partition coefficient (Wildman–Crippen LogP) is 5.99. The standard InChI is InChI=1S/C21H34O2/c1-5-6-7-12-21(4,20(22)23)19-11-10-17-13-16(15(2)3)8-9-18(17)14-19/h10,13,15,18-19H,5-9,11-12,14H2,1-4H3,(H,22,23)/t18-,19-,21-/m1/s1. The number of hydrogen-bond acceptors (Lipinski definition) is 1. The molecule has 2 rings (SSSR count). The van der Waals surface area contributed by atoms with Crippen molar-refractivity contribution in [2.75, 3.05) is 0 Å². The highest BCUT2D eigenvalue weighted by Crippen LogP contribution is 2.47. The van der Waals surface area contributed by atoms with Crippen LogP contribution in [0, 0.1) is 23.2 Å². The number of allylic oxidation sites excluding steroid dienone is 4. The Kier molecular flexibility index (Phi) is 6.11. The van der Waals surface area contributed by atoms with Crippen LogP contribution in [-0.4, -0.2) is 11.1 Å². The van der Waals surface area contributed by atoms with Gasteiger partial charge in [0.15, 0.2) is 0 Å². The van der Waals surface area contributed by atoms with E-state index in [0.29, 0.717) is 17.8 Å². The van der Waals surface area contributed by atoms with Crippen molar-refractivity contribution < 1.29 is 9.90 Å². The molecule has 2 aliphatic carbocycles. The van der Waals surface area contributed by atoms with Crippen molar-refractivity contribution in [3.8, 4) is 0 Å². The SMILES string of the molecule is CCCCC[C@@](C)(C(=O)O)[C@@H]1CC=C2C=C(C(C)C)CC[C@@H]2C1. The smallest absolute Gasteiger partial charge is 0.309 e. The third-order valence-electron chi connectivity index (χ3n) is 6.24. The van der Waals surface area contributed by atoms with Gasteiger partial charge in [-0.05, 0) is 62.4 Å². The summed E-state index contributed by atoms with van der Waals surface area (Å²) in [5.41, 5.74) is 2.49. The Morgan fingerprint density at radius 1 is 1.39 bits per heavy atom. The monoisotopic (exact) mass is 318 g/mol. The molecule has 2 heteroatoms. The molecule has 2 aliphatic rings. The second-order valence-electron chi connectivity index (χ2n) is 8.16. The Morgan fingerprint density at radius 3 is 2.74 bits per heavy atom. The van der Waals surface area contributed by atoms with Gasteiger partial charge >= 0.3 is 5.97 Å². The summed E-state index contributed by atoms with van der Waals surface area (Å²) in [6, 6.07) is 0. The topological polar surface area (TPSA) is 37.3 Å². The maximum absolute atomic E-state index is 12.0. The normalized spacial score (nSPS) is 27.0. The minimum atomic E-state index is -0.593. The lowest BCUT2D eigenvalue weighted by Crippen LogP contribution is -2.38. The zero-order chi connectivity index (χ0) is 17.0. The molecule has 0 aromatic carbocycles. The molecule has 23 heavy (non-hydrogen) atoms. The molecule has 130 valence electrons. The Hall–Kier alpha value is -1.05. The van der Waals surface area contributed by atoms with Crippen molar-refractivity contribution in [3.05, 3.63) is 23.3 Å². The van der Waals surface area contributed by atoms with Gasteiger partial charge in [0.1, 0.15) is 0 Å². The molecule has 0 heterocycles. The Morgan fingerprint density at radius 2 is 2.13 bits per heavy atom. The number of unbranched alkanes of at least 4 members (excludes halogenated alkanes) is 2. The van der Waals surface area contributed by atoms with Crippen LogP contribution in [0.2, 0.25) is 0 Å². The molecule has 0 amide bonds. The van der Waals surface area contributed by atoms with Crippen LogP contribution >= 0.6 is 0 Å². The fourth-order valence-corrected chi connectivity index (χ4v) is 4.31. The fourth-order valence-electron chi connectivity index (χ4n) is 4.31. The third-order valence-corrected chi connectivity index (χ3v) is 6.24. The van der Waals surface area contributed by atoms with Gasteiger partial charge < -0.3 is 5.11 Å². The summed E-state index contributed by atoms with van der Waals surface area (Å²) in [5, 5.41) is 9.86. The maximum Gasteiger partial charge on any atom is 0.309 e. The molecule has 0 radical (unpaired) electrons. The summed E-state index contributed by atoms with van der Waals surface area (Å²) in [6.45, 7) is 8.71. The number of carboxylic acid groups (broad SMARTS) is 1. The number of hydrogen-bond donors (Lipinski definition) is 1. The predicted molar refractivity (Wildman–Crippen MR) is 96.3 cm³/mol. The van der Waals surface area contributed by atoms with Crippen molar-refractivity contribution in [2.45, 2.75) is 79.1 Å². The maximum atomic E-state index is 12.0. The quantitative estimate of drug-likeness (QED) is 0.586. The van der Waals surface area contributed by atoms with E-state index in [1.807, 2.05) is 6.92 Å². The Bertz CT molecular complexity index is 486. The molecular formula is C21H34O2. The second kappa shape index (κ2) is 7.68. The summed E-state index contributed by atoms with van der Waals surface area (Å²) in [7, 11) is 0. The number of fused-ring (bicyclic) bond motifs is 1. The van der Waals surface area contributed by atoms with Gasteiger partial charge in [-0.1, -0.05) is 57.8 Å². The molecule has 2 nitrogen and oxygen atoms in total. The van der Waals surface area contributed by atoms with Crippen molar-refractivity contribution in [1.82, 2.24) is 0 Å². The zero-order valence-corrected chi connectivity index (χ0v) is 15.4. The van der Waals surface area contributed by atoms with E-state index in [1.165, 1.54) is 18.4 Å². The summed E-state index contributed by atoms with van der Waals surface area (Å²) < 4.78 is 0. The highest BCUT2D eigenvalue weighted by atomic mass is 16.4. The second-order valence-corrected chi connectivity index (χ2v) is 8.16. The van der Waals surface area contributed by atoms with Gasteiger partial charge in [-0.2, -0.15) is 0 Å². The first-order valence-corrected chi connectivity index (χ1v) is 9.52. The van der Waals surface area contributed by atoms with E-state index >= 15 is 0 Å². The number of carbonyl (C=O) groups is 1. The third kappa shape index (κ3) is 4.08. The van der Waals surface area contributed by atoms with Crippen molar-refractivity contribution >= 4 is 5.97 Å². The molecule has 0 aliphatic heterocycles. The van der Waals surface area contributed by atoms with Gasteiger partial charge in [0.05, 0.1) is 5.41 Å². The zero-order valence-electron chi connectivity index (χ0n) is 15.4.